The van der Waals surface area contributed by atoms with Crippen molar-refractivity contribution in [2.24, 2.45) is 11.7 Å². The molecule has 3 N–H and O–H groups in total. The summed E-state index contributed by atoms with van der Waals surface area (Å²) in [5, 5.41) is 9.66. The summed E-state index contributed by atoms with van der Waals surface area (Å²) in [5.74, 6) is 1.60. The summed E-state index contributed by atoms with van der Waals surface area (Å²) in [6, 6.07) is 3.42. The standard InChI is InChI=1S/C11H17N3O/c12-8-9-3-6-14(7-4-9)11-10(15)2-1-5-13-11/h1-2,5,9,15H,3-4,6-8,12H2. The van der Waals surface area contributed by atoms with Crippen LogP contribution in [0.5, 0.6) is 5.75 Å². The average molecular weight is 207 g/mol. The molecule has 0 unspecified atom stereocenters. The molecule has 82 valence electrons. The minimum Gasteiger partial charge on any atom is -0.504 e. The molecule has 15 heavy (non-hydrogen) atoms. The Morgan fingerprint density at radius 1 is 1.47 bits per heavy atom. The number of nitrogens with zero attached hydrogens (tertiary/aromatic N) is 2. The van der Waals surface area contributed by atoms with Crippen LogP contribution in [0.4, 0.5) is 5.82 Å². The molecule has 0 aromatic carbocycles. The maximum Gasteiger partial charge on any atom is 0.171 e. The van der Waals surface area contributed by atoms with E-state index in [2.05, 4.69) is 9.88 Å². The Bertz CT molecular complexity index is 321. The lowest BCUT2D eigenvalue weighted by Gasteiger charge is -2.32. The fourth-order valence-corrected chi connectivity index (χ4v) is 2.01. The van der Waals surface area contributed by atoms with Gasteiger partial charge in [-0.3, -0.25) is 0 Å². The third-order valence-electron chi connectivity index (χ3n) is 3.01. The van der Waals surface area contributed by atoms with Crippen molar-refractivity contribution >= 4 is 5.82 Å². The van der Waals surface area contributed by atoms with Crippen molar-refractivity contribution in [3.63, 3.8) is 0 Å². The molecule has 0 saturated carbocycles. The Kier molecular flexibility index (Phi) is 3.06. The number of rotatable bonds is 2. The minimum atomic E-state index is 0.267. The van der Waals surface area contributed by atoms with Crippen LogP contribution >= 0.6 is 0 Å². The molecule has 0 atom stereocenters. The number of aromatic nitrogens is 1. The molecule has 1 aliphatic heterocycles. The molecular formula is C11H17N3O. The van der Waals surface area contributed by atoms with E-state index in [4.69, 9.17) is 5.73 Å². The lowest BCUT2D eigenvalue weighted by molar-refractivity contribution is 0.406. The van der Waals surface area contributed by atoms with Crippen LogP contribution in [0.25, 0.3) is 0 Å². The van der Waals surface area contributed by atoms with Gasteiger partial charge in [0.1, 0.15) is 0 Å². The Balaban J connectivity index is 2.04. The molecule has 0 spiro atoms. The zero-order chi connectivity index (χ0) is 10.7. The van der Waals surface area contributed by atoms with Crippen molar-refractivity contribution < 1.29 is 5.11 Å². The van der Waals surface area contributed by atoms with Gasteiger partial charge in [-0.1, -0.05) is 0 Å². The van der Waals surface area contributed by atoms with Crippen molar-refractivity contribution in [2.75, 3.05) is 24.5 Å². The van der Waals surface area contributed by atoms with Crippen LogP contribution in [0.2, 0.25) is 0 Å². The van der Waals surface area contributed by atoms with Crippen LogP contribution in [-0.2, 0) is 0 Å². The molecule has 0 amide bonds. The number of hydrogen-bond donors (Lipinski definition) is 2. The molecule has 0 aliphatic carbocycles. The Labute approximate surface area is 89.7 Å². The fraction of sp³-hybridized carbons (Fsp3) is 0.545. The van der Waals surface area contributed by atoms with Crippen LogP contribution in [0.1, 0.15) is 12.8 Å². The number of piperidine rings is 1. The fourth-order valence-electron chi connectivity index (χ4n) is 2.01. The van der Waals surface area contributed by atoms with Crippen LogP contribution in [0.15, 0.2) is 18.3 Å². The first-order valence-corrected chi connectivity index (χ1v) is 5.40. The van der Waals surface area contributed by atoms with Crippen molar-refractivity contribution in [1.82, 2.24) is 4.98 Å². The normalized spacial score (nSPS) is 18.1. The van der Waals surface area contributed by atoms with Gasteiger partial charge in [-0.15, -0.1) is 0 Å². The van der Waals surface area contributed by atoms with E-state index in [0.717, 1.165) is 32.5 Å². The number of pyridine rings is 1. The highest BCUT2D eigenvalue weighted by molar-refractivity contribution is 5.51. The van der Waals surface area contributed by atoms with Gasteiger partial charge in [0, 0.05) is 19.3 Å². The SMILES string of the molecule is NCC1CCN(c2ncccc2O)CC1. The highest BCUT2D eigenvalue weighted by Gasteiger charge is 2.20. The smallest absolute Gasteiger partial charge is 0.171 e. The summed E-state index contributed by atoms with van der Waals surface area (Å²) >= 11 is 0. The summed E-state index contributed by atoms with van der Waals surface area (Å²) in [6.45, 7) is 2.64. The van der Waals surface area contributed by atoms with E-state index in [9.17, 15) is 5.11 Å². The van der Waals surface area contributed by atoms with E-state index < -0.39 is 0 Å². The number of anilines is 1. The van der Waals surface area contributed by atoms with E-state index in [1.807, 2.05) is 0 Å². The second-order valence-corrected chi connectivity index (χ2v) is 4.01. The van der Waals surface area contributed by atoms with E-state index in [0.29, 0.717) is 11.7 Å². The summed E-state index contributed by atoms with van der Waals surface area (Å²) in [5.41, 5.74) is 5.63. The first-order valence-electron chi connectivity index (χ1n) is 5.40. The summed E-state index contributed by atoms with van der Waals surface area (Å²) < 4.78 is 0. The highest BCUT2D eigenvalue weighted by atomic mass is 16.3. The summed E-state index contributed by atoms with van der Waals surface area (Å²) in [7, 11) is 0. The molecule has 4 nitrogen and oxygen atoms in total. The molecule has 4 heteroatoms. The van der Waals surface area contributed by atoms with Crippen molar-refractivity contribution in [1.29, 1.82) is 0 Å². The molecule has 1 aromatic rings. The molecule has 1 aliphatic rings. The van der Waals surface area contributed by atoms with Gasteiger partial charge in [-0.05, 0) is 37.4 Å². The third-order valence-corrected chi connectivity index (χ3v) is 3.01. The maximum absolute atomic E-state index is 9.66. The first kappa shape index (κ1) is 10.2. The van der Waals surface area contributed by atoms with Crippen LogP contribution < -0.4 is 10.6 Å². The van der Waals surface area contributed by atoms with Gasteiger partial charge in [-0.2, -0.15) is 0 Å². The van der Waals surface area contributed by atoms with Crippen LogP contribution in [0, 0.1) is 5.92 Å². The van der Waals surface area contributed by atoms with Crippen molar-refractivity contribution in [3.8, 4) is 5.75 Å². The van der Waals surface area contributed by atoms with Gasteiger partial charge >= 0.3 is 0 Å². The zero-order valence-corrected chi connectivity index (χ0v) is 8.76. The first-order chi connectivity index (χ1) is 7.31. The van der Waals surface area contributed by atoms with E-state index in [1.165, 1.54) is 0 Å². The third kappa shape index (κ3) is 2.21. The molecule has 1 saturated heterocycles. The molecule has 1 aromatic heterocycles. The van der Waals surface area contributed by atoms with Gasteiger partial charge in [0.05, 0.1) is 0 Å². The predicted molar refractivity (Wildman–Crippen MR) is 59.9 cm³/mol. The predicted octanol–water partition coefficient (Wildman–Crippen LogP) is 0.962. The molecule has 0 bridgehead atoms. The van der Waals surface area contributed by atoms with Crippen molar-refractivity contribution in [2.45, 2.75) is 12.8 Å². The van der Waals surface area contributed by atoms with Crippen LogP contribution in [0.3, 0.4) is 0 Å². The summed E-state index contributed by atoms with van der Waals surface area (Å²) in [4.78, 5) is 6.32. The molecule has 1 fully saturated rings. The molecule has 0 radical (unpaired) electrons. The number of aromatic hydroxyl groups is 1. The van der Waals surface area contributed by atoms with Gasteiger partial charge in [0.15, 0.2) is 11.6 Å². The van der Waals surface area contributed by atoms with E-state index in [-0.39, 0.29) is 5.75 Å². The second kappa shape index (κ2) is 4.49. The highest BCUT2D eigenvalue weighted by Crippen LogP contribution is 2.27. The molecule has 2 heterocycles. The quantitative estimate of drug-likeness (QED) is 0.758. The molecule has 2 rings (SSSR count). The van der Waals surface area contributed by atoms with E-state index >= 15 is 0 Å². The number of nitrogens with two attached hydrogens (primary N) is 1. The van der Waals surface area contributed by atoms with Crippen molar-refractivity contribution in [3.05, 3.63) is 18.3 Å². The Morgan fingerprint density at radius 3 is 2.80 bits per heavy atom. The topological polar surface area (TPSA) is 62.4 Å². The van der Waals surface area contributed by atoms with E-state index in [1.54, 1.807) is 18.3 Å². The van der Waals surface area contributed by atoms with Gasteiger partial charge in [-0.25, -0.2) is 4.98 Å². The monoisotopic (exact) mass is 207 g/mol. The maximum atomic E-state index is 9.66. The Hall–Kier alpha value is -1.29. The lowest BCUT2D eigenvalue weighted by atomic mass is 9.97. The van der Waals surface area contributed by atoms with Crippen LogP contribution in [-0.4, -0.2) is 29.7 Å². The Morgan fingerprint density at radius 2 is 2.20 bits per heavy atom. The van der Waals surface area contributed by atoms with Gasteiger partial charge in [0.2, 0.25) is 0 Å². The largest absolute Gasteiger partial charge is 0.504 e. The minimum absolute atomic E-state index is 0.267. The molecular weight excluding hydrogens is 190 g/mol. The zero-order valence-electron chi connectivity index (χ0n) is 8.76. The number of hydrogen-bond acceptors (Lipinski definition) is 4. The average Bonchev–Trinajstić information content (AvgIpc) is 2.30. The lowest BCUT2D eigenvalue weighted by Crippen LogP contribution is -2.36. The van der Waals surface area contributed by atoms with Gasteiger partial charge in [0.25, 0.3) is 0 Å². The summed E-state index contributed by atoms with van der Waals surface area (Å²) in [6.07, 6.45) is 3.89. The second-order valence-electron chi connectivity index (χ2n) is 4.01. The van der Waals surface area contributed by atoms with Gasteiger partial charge < -0.3 is 15.7 Å².